The van der Waals surface area contributed by atoms with Gasteiger partial charge in [0.1, 0.15) is 0 Å². The quantitative estimate of drug-likeness (QED) is 0.392. The normalized spacial score (nSPS) is 11.5. The maximum Gasteiger partial charge on any atom is 0.270 e. The molecule has 1 atom stereocenters. The molecule has 0 radical (unpaired) electrons. The molecule has 1 amide bonds. The van der Waals surface area contributed by atoms with Crippen molar-refractivity contribution in [1.29, 1.82) is 0 Å². The first kappa shape index (κ1) is 20.0. The van der Waals surface area contributed by atoms with E-state index in [4.69, 9.17) is 12.2 Å². The van der Waals surface area contributed by atoms with E-state index in [-0.39, 0.29) is 16.4 Å². The fourth-order valence-corrected chi connectivity index (χ4v) is 3.01. The summed E-state index contributed by atoms with van der Waals surface area (Å²) in [5.74, 6) is -0.192. The number of benzene rings is 2. The van der Waals surface area contributed by atoms with Crippen LogP contribution >= 0.6 is 28.1 Å². The number of non-ortho nitro benzene ring substituents is 1. The van der Waals surface area contributed by atoms with Crippen LogP contribution in [0.1, 0.15) is 42.1 Å². The molecule has 0 heterocycles. The van der Waals surface area contributed by atoms with Gasteiger partial charge in [0.2, 0.25) is 0 Å². The fraction of sp³-hybridized carbons (Fsp3) is 0.222. The Balaban J connectivity index is 2.15. The lowest BCUT2D eigenvalue weighted by atomic mass is 9.97. The third kappa shape index (κ3) is 4.86. The van der Waals surface area contributed by atoms with E-state index < -0.39 is 10.8 Å². The average Bonchev–Trinajstić information content (AvgIpc) is 2.61. The molecule has 2 aromatic rings. The number of rotatable bonds is 5. The van der Waals surface area contributed by atoms with Crippen molar-refractivity contribution in [3.8, 4) is 0 Å². The molecule has 0 aliphatic carbocycles. The van der Waals surface area contributed by atoms with Crippen molar-refractivity contribution < 1.29 is 9.72 Å². The number of carbonyl (C=O) groups excluding carboxylic acids is 1. The predicted octanol–water partition coefficient (Wildman–Crippen LogP) is 5.00. The van der Waals surface area contributed by atoms with Crippen molar-refractivity contribution in [1.82, 2.24) is 5.32 Å². The number of halogens is 1. The van der Waals surface area contributed by atoms with Gasteiger partial charge in [0.15, 0.2) is 5.11 Å². The Labute approximate surface area is 165 Å². The van der Waals surface area contributed by atoms with Crippen LogP contribution in [0.15, 0.2) is 46.9 Å². The largest absolute Gasteiger partial charge is 0.332 e. The van der Waals surface area contributed by atoms with Crippen molar-refractivity contribution in [2.45, 2.75) is 26.2 Å². The van der Waals surface area contributed by atoms with Crippen molar-refractivity contribution in [3.63, 3.8) is 0 Å². The number of hydrogen-bond acceptors (Lipinski definition) is 4. The molecular formula is C18H18BrN3O3S. The lowest BCUT2D eigenvalue weighted by Gasteiger charge is -2.17. The lowest BCUT2D eigenvalue weighted by molar-refractivity contribution is -0.384. The van der Waals surface area contributed by atoms with E-state index in [0.29, 0.717) is 10.4 Å². The number of thiocarbonyl (C=S) groups is 1. The van der Waals surface area contributed by atoms with Crippen molar-refractivity contribution in [2.75, 3.05) is 5.32 Å². The van der Waals surface area contributed by atoms with E-state index >= 15 is 0 Å². The Kier molecular flexibility index (Phi) is 6.82. The highest BCUT2D eigenvalue weighted by Gasteiger charge is 2.17. The van der Waals surface area contributed by atoms with Crippen LogP contribution in [0.3, 0.4) is 0 Å². The van der Waals surface area contributed by atoms with Gasteiger partial charge in [0.25, 0.3) is 11.6 Å². The second-order valence-corrected chi connectivity index (χ2v) is 6.99. The first-order valence-electron chi connectivity index (χ1n) is 7.98. The monoisotopic (exact) mass is 435 g/mol. The number of nitrogens with zero attached hydrogens (tertiary/aromatic N) is 1. The highest BCUT2D eigenvalue weighted by molar-refractivity contribution is 9.10. The Morgan fingerprint density at radius 2 is 2.00 bits per heavy atom. The SMILES string of the molecule is CC[C@H](C)c1ccccc1NC(=S)NC(=O)c1cc([N+](=O)[O-])ccc1Br. The summed E-state index contributed by atoms with van der Waals surface area (Å²) >= 11 is 8.46. The van der Waals surface area contributed by atoms with Gasteiger partial charge in [0.05, 0.1) is 10.5 Å². The fourth-order valence-electron chi connectivity index (χ4n) is 2.39. The summed E-state index contributed by atoms with van der Waals surface area (Å²) in [6.07, 6.45) is 0.971. The second-order valence-electron chi connectivity index (χ2n) is 5.73. The van der Waals surface area contributed by atoms with Crippen LogP contribution in [0.4, 0.5) is 11.4 Å². The summed E-state index contributed by atoms with van der Waals surface area (Å²) in [5, 5.41) is 16.6. The summed E-state index contributed by atoms with van der Waals surface area (Å²) in [6.45, 7) is 4.21. The number of nitrogens with one attached hydrogen (secondary N) is 2. The Bertz CT molecular complexity index is 857. The van der Waals surface area contributed by atoms with Crippen LogP contribution in [0.2, 0.25) is 0 Å². The maximum absolute atomic E-state index is 12.4. The lowest BCUT2D eigenvalue weighted by Crippen LogP contribution is -2.34. The average molecular weight is 436 g/mol. The van der Waals surface area contributed by atoms with E-state index in [1.54, 1.807) is 0 Å². The third-order valence-electron chi connectivity index (χ3n) is 3.98. The van der Waals surface area contributed by atoms with Crippen molar-refractivity contribution >= 4 is 50.5 Å². The molecule has 26 heavy (non-hydrogen) atoms. The van der Waals surface area contributed by atoms with Crippen LogP contribution < -0.4 is 10.6 Å². The number of nitro benzene ring substituents is 1. The predicted molar refractivity (Wildman–Crippen MR) is 110 cm³/mol. The van der Waals surface area contributed by atoms with Crippen LogP contribution in [0, 0.1) is 10.1 Å². The Morgan fingerprint density at radius 3 is 2.65 bits per heavy atom. The van der Waals surface area contributed by atoms with Gasteiger partial charge in [-0.25, -0.2) is 0 Å². The molecule has 2 N–H and O–H groups in total. The molecule has 0 aliphatic rings. The summed E-state index contributed by atoms with van der Waals surface area (Å²) in [5.41, 5.74) is 1.89. The zero-order chi connectivity index (χ0) is 19.3. The summed E-state index contributed by atoms with van der Waals surface area (Å²) in [6, 6.07) is 11.7. The van der Waals surface area contributed by atoms with Crippen LogP contribution in [0.25, 0.3) is 0 Å². The molecule has 0 aliphatic heterocycles. The minimum absolute atomic E-state index is 0.129. The van der Waals surface area contributed by atoms with E-state index in [2.05, 4.69) is 40.4 Å². The number of carbonyl (C=O) groups is 1. The van der Waals surface area contributed by atoms with Crippen LogP contribution in [-0.4, -0.2) is 15.9 Å². The van der Waals surface area contributed by atoms with Crippen LogP contribution in [-0.2, 0) is 0 Å². The minimum Gasteiger partial charge on any atom is -0.332 e. The summed E-state index contributed by atoms with van der Waals surface area (Å²) in [7, 11) is 0. The third-order valence-corrected chi connectivity index (χ3v) is 4.88. The molecule has 0 saturated carbocycles. The van der Waals surface area contributed by atoms with Crippen molar-refractivity contribution in [3.05, 3.63) is 68.2 Å². The molecule has 0 bridgehead atoms. The van der Waals surface area contributed by atoms with Gasteiger partial charge in [-0.05, 0) is 58.2 Å². The molecule has 2 rings (SSSR count). The second kappa shape index (κ2) is 8.86. The van der Waals surface area contributed by atoms with Gasteiger partial charge >= 0.3 is 0 Å². The molecule has 6 nitrogen and oxygen atoms in total. The van der Waals surface area contributed by atoms with Gasteiger partial charge in [-0.15, -0.1) is 0 Å². The molecule has 0 spiro atoms. The first-order chi connectivity index (χ1) is 12.3. The van der Waals surface area contributed by atoms with Crippen LogP contribution in [0.5, 0.6) is 0 Å². The maximum atomic E-state index is 12.4. The van der Waals surface area contributed by atoms with Gasteiger partial charge in [-0.1, -0.05) is 32.0 Å². The molecule has 8 heteroatoms. The van der Waals surface area contributed by atoms with E-state index in [1.165, 1.54) is 18.2 Å². The van der Waals surface area contributed by atoms with Gasteiger partial charge in [-0.3, -0.25) is 20.2 Å². The highest BCUT2D eigenvalue weighted by Crippen LogP contribution is 2.26. The minimum atomic E-state index is -0.553. The Morgan fingerprint density at radius 1 is 1.31 bits per heavy atom. The number of nitro groups is 1. The first-order valence-corrected chi connectivity index (χ1v) is 9.18. The van der Waals surface area contributed by atoms with Crippen molar-refractivity contribution in [2.24, 2.45) is 0 Å². The number of para-hydroxylation sites is 1. The molecule has 0 unspecified atom stereocenters. The van der Waals surface area contributed by atoms with E-state index in [9.17, 15) is 14.9 Å². The summed E-state index contributed by atoms with van der Waals surface area (Å²) < 4.78 is 0.448. The topological polar surface area (TPSA) is 84.3 Å². The zero-order valence-corrected chi connectivity index (χ0v) is 16.7. The van der Waals surface area contributed by atoms with E-state index in [0.717, 1.165) is 17.7 Å². The molecule has 0 fully saturated rings. The van der Waals surface area contributed by atoms with E-state index in [1.807, 2.05) is 24.3 Å². The smallest absolute Gasteiger partial charge is 0.270 e. The van der Waals surface area contributed by atoms with Gasteiger partial charge in [-0.2, -0.15) is 0 Å². The molecule has 0 saturated heterocycles. The van der Waals surface area contributed by atoms with Gasteiger partial charge < -0.3 is 5.32 Å². The Hall–Kier alpha value is -2.32. The highest BCUT2D eigenvalue weighted by atomic mass is 79.9. The molecular weight excluding hydrogens is 418 g/mol. The van der Waals surface area contributed by atoms with Gasteiger partial charge in [0, 0.05) is 22.3 Å². The standard InChI is InChI=1S/C18H18BrN3O3S/c1-3-11(2)13-6-4-5-7-16(13)20-18(26)21-17(23)14-10-12(22(24)25)8-9-15(14)19/h4-11H,3H2,1-2H3,(H2,20,21,23,26)/t11-/m0/s1. The number of hydrogen-bond donors (Lipinski definition) is 2. The number of anilines is 1. The number of amides is 1. The summed E-state index contributed by atoms with van der Waals surface area (Å²) in [4.78, 5) is 22.8. The zero-order valence-electron chi connectivity index (χ0n) is 14.3. The molecule has 2 aromatic carbocycles. The molecule has 0 aromatic heterocycles. The molecule has 136 valence electrons.